The number of hydrogen-bond donors (Lipinski definition) is 1. The maximum absolute atomic E-state index is 13.6. The smallest absolute Gasteiger partial charge is 0.212 e. The average molecular weight is 431 g/mol. The Labute approximate surface area is 177 Å². The summed E-state index contributed by atoms with van der Waals surface area (Å²) >= 11 is 0. The lowest BCUT2D eigenvalue weighted by atomic mass is 10.2. The number of aromatic nitrogens is 3. The second-order valence-electron chi connectivity index (χ2n) is 6.99. The Morgan fingerprint density at radius 1 is 1.03 bits per heavy atom. The highest BCUT2D eigenvalue weighted by Crippen LogP contribution is 2.35. The Kier molecular flexibility index (Phi) is 4.33. The fraction of sp³-hybridized carbons (Fsp3) is 0.0455. The van der Waals surface area contributed by atoms with E-state index in [0.717, 1.165) is 5.56 Å². The molecule has 3 heterocycles. The molecule has 9 heteroatoms. The first-order valence-electron chi connectivity index (χ1n) is 9.41. The predicted octanol–water partition coefficient (Wildman–Crippen LogP) is 3.78. The van der Waals surface area contributed by atoms with Gasteiger partial charge in [-0.1, -0.05) is 24.3 Å². The lowest BCUT2D eigenvalue weighted by molar-refractivity contribution is 0.559. The van der Waals surface area contributed by atoms with Gasteiger partial charge >= 0.3 is 0 Å². The fourth-order valence-corrected chi connectivity index (χ4v) is 4.97. The minimum Gasteiger partial charge on any atom is -0.463 e. The van der Waals surface area contributed by atoms with Crippen molar-refractivity contribution < 1.29 is 12.8 Å². The van der Waals surface area contributed by atoms with Crippen LogP contribution < -0.4 is 5.73 Å². The Balaban J connectivity index is 1.83. The molecule has 0 saturated heterocycles. The Bertz CT molecular complexity index is 1570. The van der Waals surface area contributed by atoms with Crippen molar-refractivity contribution in [1.29, 1.82) is 0 Å². The molecule has 0 amide bonds. The lowest BCUT2D eigenvalue weighted by Gasteiger charge is -2.05. The number of sulfone groups is 1. The van der Waals surface area contributed by atoms with E-state index >= 15 is 0 Å². The van der Waals surface area contributed by atoms with Gasteiger partial charge in [-0.2, -0.15) is 9.78 Å². The molecule has 0 aliphatic rings. The first-order chi connectivity index (χ1) is 14.9. The SMILES string of the molecule is Cc1cccc(S(=O)(=O)c2c(N)n(/N=C\c3ccco3)c3nc4ccccc4nc23)c1. The summed E-state index contributed by atoms with van der Waals surface area (Å²) in [5.74, 6) is 0.410. The van der Waals surface area contributed by atoms with Crippen LogP contribution in [-0.2, 0) is 9.84 Å². The van der Waals surface area contributed by atoms with Crippen molar-refractivity contribution in [1.82, 2.24) is 14.6 Å². The van der Waals surface area contributed by atoms with E-state index in [0.29, 0.717) is 16.8 Å². The van der Waals surface area contributed by atoms with Crippen molar-refractivity contribution in [3.63, 3.8) is 0 Å². The third kappa shape index (κ3) is 3.15. The largest absolute Gasteiger partial charge is 0.463 e. The molecule has 31 heavy (non-hydrogen) atoms. The molecule has 0 unspecified atom stereocenters. The van der Waals surface area contributed by atoms with E-state index in [1.54, 1.807) is 36.4 Å². The molecule has 0 saturated carbocycles. The average Bonchev–Trinajstić information content (AvgIpc) is 3.36. The van der Waals surface area contributed by atoms with Gasteiger partial charge in [0, 0.05) is 0 Å². The van der Waals surface area contributed by atoms with Crippen LogP contribution in [0.15, 0.2) is 86.2 Å². The summed E-state index contributed by atoms with van der Waals surface area (Å²) in [6.45, 7) is 1.83. The number of nitrogen functional groups attached to an aromatic ring is 1. The normalized spacial score (nSPS) is 12.3. The van der Waals surface area contributed by atoms with Crippen LogP contribution in [0.5, 0.6) is 0 Å². The first kappa shape index (κ1) is 19.0. The van der Waals surface area contributed by atoms with Crippen molar-refractivity contribution in [2.45, 2.75) is 16.7 Å². The van der Waals surface area contributed by atoms with Gasteiger partial charge in [0.1, 0.15) is 22.0 Å². The molecule has 154 valence electrons. The van der Waals surface area contributed by atoms with Gasteiger partial charge in [0.05, 0.1) is 28.4 Å². The molecule has 2 N–H and O–H groups in total. The molecule has 8 nitrogen and oxygen atoms in total. The van der Waals surface area contributed by atoms with Crippen molar-refractivity contribution in [3.8, 4) is 0 Å². The van der Waals surface area contributed by atoms with E-state index in [1.165, 1.54) is 23.2 Å². The van der Waals surface area contributed by atoms with E-state index in [1.807, 2.05) is 25.1 Å². The minimum atomic E-state index is -3.98. The highest BCUT2D eigenvalue weighted by Gasteiger charge is 2.30. The van der Waals surface area contributed by atoms with Crippen molar-refractivity contribution in [2.75, 3.05) is 5.73 Å². The van der Waals surface area contributed by atoms with E-state index in [4.69, 9.17) is 10.2 Å². The Hall–Kier alpha value is -3.98. The van der Waals surface area contributed by atoms with Gasteiger partial charge in [-0.3, -0.25) is 0 Å². The van der Waals surface area contributed by atoms with Crippen LogP contribution in [0.1, 0.15) is 11.3 Å². The first-order valence-corrected chi connectivity index (χ1v) is 10.9. The third-order valence-corrected chi connectivity index (χ3v) is 6.66. The lowest BCUT2D eigenvalue weighted by Crippen LogP contribution is -2.07. The highest BCUT2D eigenvalue weighted by atomic mass is 32.2. The van der Waals surface area contributed by atoms with Gasteiger partial charge in [0.15, 0.2) is 5.65 Å². The van der Waals surface area contributed by atoms with Crippen LogP contribution in [0.4, 0.5) is 5.82 Å². The molecule has 0 aliphatic carbocycles. The summed E-state index contributed by atoms with van der Waals surface area (Å²) in [5.41, 5.74) is 8.71. The quantitative estimate of drug-likeness (QED) is 0.433. The zero-order chi connectivity index (χ0) is 21.6. The van der Waals surface area contributed by atoms with E-state index in [2.05, 4.69) is 15.1 Å². The molecule has 0 atom stereocenters. The van der Waals surface area contributed by atoms with Crippen LogP contribution in [-0.4, -0.2) is 29.3 Å². The van der Waals surface area contributed by atoms with Crippen molar-refractivity contribution in [3.05, 3.63) is 78.3 Å². The Morgan fingerprint density at radius 3 is 2.52 bits per heavy atom. The van der Waals surface area contributed by atoms with Crippen LogP contribution in [0.3, 0.4) is 0 Å². The van der Waals surface area contributed by atoms with E-state index < -0.39 is 9.84 Å². The number of benzene rings is 2. The number of rotatable bonds is 4. The summed E-state index contributed by atoms with van der Waals surface area (Å²) in [4.78, 5) is 9.18. The number of aryl methyl sites for hydroxylation is 1. The van der Waals surface area contributed by atoms with Crippen LogP contribution in [0.25, 0.3) is 22.2 Å². The molecular weight excluding hydrogens is 414 g/mol. The molecule has 5 rings (SSSR count). The predicted molar refractivity (Wildman–Crippen MR) is 118 cm³/mol. The standard InChI is InChI=1S/C22H17N5O3S/c1-14-6-4-8-16(12-14)31(28,29)20-19-22(26-18-10-3-2-9-17(18)25-19)27(21(20)23)24-13-15-7-5-11-30-15/h2-13H,23H2,1H3/b24-13-. The van der Waals surface area contributed by atoms with Crippen LogP contribution in [0, 0.1) is 6.92 Å². The highest BCUT2D eigenvalue weighted by molar-refractivity contribution is 7.92. The fourth-order valence-electron chi connectivity index (χ4n) is 3.38. The number of nitrogens with two attached hydrogens (primary N) is 1. The molecule has 0 radical (unpaired) electrons. The van der Waals surface area contributed by atoms with Gasteiger partial charge in [0.2, 0.25) is 9.84 Å². The monoisotopic (exact) mass is 431 g/mol. The minimum absolute atomic E-state index is 0.0744. The number of hydrogen-bond acceptors (Lipinski definition) is 7. The summed E-state index contributed by atoms with van der Waals surface area (Å²) in [6.07, 6.45) is 2.95. The Morgan fingerprint density at radius 2 is 1.81 bits per heavy atom. The summed E-state index contributed by atoms with van der Waals surface area (Å²) in [6, 6.07) is 17.3. The number of furan rings is 1. The molecule has 0 bridgehead atoms. The second kappa shape index (κ2) is 7.06. The maximum Gasteiger partial charge on any atom is 0.212 e. The zero-order valence-electron chi connectivity index (χ0n) is 16.4. The topological polar surface area (TPSA) is 116 Å². The van der Waals surface area contributed by atoms with Gasteiger partial charge < -0.3 is 10.2 Å². The van der Waals surface area contributed by atoms with Gasteiger partial charge in [-0.05, 0) is 48.9 Å². The number of nitrogens with zero attached hydrogens (tertiary/aromatic N) is 4. The summed E-state index contributed by atoms with van der Waals surface area (Å²) in [7, 11) is -3.98. The van der Waals surface area contributed by atoms with E-state index in [9.17, 15) is 8.42 Å². The van der Waals surface area contributed by atoms with Gasteiger partial charge in [-0.15, -0.1) is 0 Å². The maximum atomic E-state index is 13.6. The van der Waals surface area contributed by atoms with Gasteiger partial charge in [0.25, 0.3) is 0 Å². The molecule has 0 fully saturated rings. The molecule has 5 aromatic rings. The molecule has 2 aromatic carbocycles. The molecule has 3 aromatic heterocycles. The zero-order valence-corrected chi connectivity index (χ0v) is 17.2. The van der Waals surface area contributed by atoms with Crippen LogP contribution >= 0.6 is 0 Å². The van der Waals surface area contributed by atoms with Crippen LogP contribution in [0.2, 0.25) is 0 Å². The number of anilines is 1. The summed E-state index contributed by atoms with van der Waals surface area (Å²) in [5, 5.41) is 4.33. The number of para-hydroxylation sites is 2. The van der Waals surface area contributed by atoms with E-state index in [-0.39, 0.29) is 26.8 Å². The summed E-state index contributed by atoms with van der Waals surface area (Å²) < 4.78 is 33.7. The number of fused-ring (bicyclic) bond motifs is 2. The van der Waals surface area contributed by atoms with Crippen molar-refractivity contribution >= 4 is 44.1 Å². The second-order valence-corrected chi connectivity index (χ2v) is 8.88. The molecule has 0 aliphatic heterocycles. The third-order valence-electron chi connectivity index (χ3n) is 4.84. The molecular formula is C22H17N5O3S. The van der Waals surface area contributed by atoms with Gasteiger partial charge in [-0.25, -0.2) is 18.4 Å². The van der Waals surface area contributed by atoms with Crippen molar-refractivity contribution in [2.24, 2.45) is 5.10 Å². The molecule has 0 spiro atoms.